The third-order valence-electron chi connectivity index (χ3n) is 9.39. The topological polar surface area (TPSA) is 43.8 Å². The van der Waals surface area contributed by atoms with E-state index in [1.165, 1.54) is 54.4 Å². The fraction of sp³-hybridized carbons (Fsp3) is 0.404. The monoisotopic (exact) mass is 742 g/mol. The van der Waals surface area contributed by atoms with Crippen LogP contribution in [0.1, 0.15) is 132 Å². The van der Waals surface area contributed by atoms with Gasteiger partial charge >= 0.3 is 108 Å². The molecule has 5 rings (SSSR count). The Kier molecular flexibility index (Phi) is 18.9. The molecule has 0 spiro atoms. The molecule has 0 fully saturated rings. The molecule has 1 aliphatic rings. The standard InChI is InChI=1S/C33H46N2.2C7H7O.Ni/c1-5-9-13-17-27-19-15-21-29(25-27)33-31(23-12-8-4)30(22-11-7-3)32(35(33)34)28-20-14-18-26(24-28)16-10-6-2;2*8-6-7-4-2-1-3-5-7;/h14-15,18-21,24-25H,5-13,16-17,22-23H2,1-4H3;2*1-5H,6H2;/q;2*-1;+2. The van der Waals surface area contributed by atoms with Gasteiger partial charge in [0.05, 0.1) is 0 Å². The summed E-state index contributed by atoms with van der Waals surface area (Å²) in [7, 11) is 0. The molecule has 0 unspecified atom stereocenters. The minimum atomic E-state index is 0.565. The van der Waals surface area contributed by atoms with Crippen LogP contribution in [-0.4, -0.2) is 4.70 Å². The first kappa shape index (κ1) is 41.1. The SMILES string of the molecule is CCCCCc1cccc(C2=C(CCCC)C(CCCC)=C(c3cccc(CCCC)c3)[N+]2=[N-])c1.c1ccc(C[O][Ni][O]Cc2ccccc2)cc1. The Morgan fingerprint density at radius 1 is 0.462 bits per heavy atom. The first-order chi connectivity index (χ1) is 25.6. The molecule has 0 N–H and O–H groups in total. The first-order valence-corrected chi connectivity index (χ1v) is 20.5. The average Bonchev–Trinajstić information content (AvgIpc) is 3.46. The maximum absolute atomic E-state index is 11.8. The Balaban J connectivity index is 0.000000296. The zero-order valence-corrected chi connectivity index (χ0v) is 33.0. The minimum absolute atomic E-state index is 0.565. The molecule has 0 aliphatic carbocycles. The van der Waals surface area contributed by atoms with Crippen molar-refractivity contribution >= 4 is 11.4 Å². The van der Waals surface area contributed by atoms with E-state index in [1.54, 1.807) is 4.70 Å². The van der Waals surface area contributed by atoms with E-state index in [1.807, 2.05) is 60.7 Å². The number of benzene rings is 4. The molecular weight excluding hydrogens is 683 g/mol. The fourth-order valence-electron chi connectivity index (χ4n) is 6.52. The number of allylic oxidation sites excluding steroid dienone is 2. The van der Waals surface area contributed by atoms with Crippen molar-refractivity contribution in [1.29, 1.82) is 0 Å². The van der Waals surface area contributed by atoms with Crippen molar-refractivity contribution in [2.24, 2.45) is 0 Å². The summed E-state index contributed by atoms with van der Waals surface area (Å²) in [6.45, 7) is 10.1. The van der Waals surface area contributed by atoms with Crippen molar-refractivity contribution in [2.75, 3.05) is 0 Å². The Hall–Kier alpha value is -3.63. The van der Waals surface area contributed by atoms with Gasteiger partial charge in [0.15, 0.2) is 0 Å². The predicted molar refractivity (Wildman–Crippen MR) is 214 cm³/mol. The van der Waals surface area contributed by atoms with Crippen LogP contribution >= 0.6 is 0 Å². The molecule has 0 saturated carbocycles. The number of aryl methyl sites for hydroxylation is 2. The molecular formula is C47H60N2NiO2. The zero-order chi connectivity index (χ0) is 36.8. The molecule has 0 radical (unpaired) electrons. The molecule has 0 bridgehead atoms. The summed E-state index contributed by atoms with van der Waals surface area (Å²) < 4.78 is 12.3. The van der Waals surface area contributed by atoms with Crippen molar-refractivity contribution in [3.63, 3.8) is 0 Å². The molecule has 0 amide bonds. The van der Waals surface area contributed by atoms with Crippen LogP contribution in [0.25, 0.3) is 16.9 Å². The number of hydrogen-bond acceptors (Lipinski definition) is 2. The summed E-state index contributed by atoms with van der Waals surface area (Å²) in [6.07, 6.45) is 14.9. The second-order valence-corrected chi connectivity index (χ2v) is 14.4. The summed E-state index contributed by atoms with van der Waals surface area (Å²) >= 11 is 0.863. The summed E-state index contributed by atoms with van der Waals surface area (Å²) in [5.41, 5.74) is 23.8. The van der Waals surface area contributed by atoms with Crippen LogP contribution in [0.2, 0.25) is 0 Å². The van der Waals surface area contributed by atoms with Gasteiger partial charge in [-0.1, -0.05) is 84.1 Å². The van der Waals surface area contributed by atoms with E-state index in [4.69, 9.17) is 7.76 Å². The van der Waals surface area contributed by atoms with Crippen molar-refractivity contribution in [2.45, 2.75) is 124 Å². The molecule has 1 aliphatic heterocycles. The van der Waals surface area contributed by atoms with Crippen LogP contribution in [0.15, 0.2) is 120 Å². The van der Waals surface area contributed by atoms with Gasteiger partial charge in [0, 0.05) is 22.3 Å². The van der Waals surface area contributed by atoms with E-state index in [9.17, 15) is 5.53 Å². The summed E-state index contributed by atoms with van der Waals surface area (Å²) in [5, 5.41) is 0. The average molecular weight is 744 g/mol. The van der Waals surface area contributed by atoms with Crippen LogP contribution in [0.4, 0.5) is 0 Å². The molecule has 4 nitrogen and oxygen atoms in total. The predicted octanol–water partition coefficient (Wildman–Crippen LogP) is 13.6. The van der Waals surface area contributed by atoms with Gasteiger partial charge in [0.1, 0.15) is 0 Å². The van der Waals surface area contributed by atoms with Crippen molar-refractivity contribution < 1.29 is 27.5 Å². The van der Waals surface area contributed by atoms with Crippen molar-refractivity contribution in [1.82, 2.24) is 0 Å². The van der Waals surface area contributed by atoms with Gasteiger partial charge in [-0.3, -0.25) is 0 Å². The summed E-state index contributed by atoms with van der Waals surface area (Å²) in [5.74, 6) is 0. The second-order valence-electron chi connectivity index (χ2n) is 13.6. The molecule has 5 heteroatoms. The molecule has 0 atom stereocenters. The molecule has 4 aromatic carbocycles. The van der Waals surface area contributed by atoms with Crippen LogP contribution in [0.3, 0.4) is 0 Å². The number of unbranched alkanes of at least 4 members (excludes halogenated alkanes) is 5. The van der Waals surface area contributed by atoms with E-state index in [-0.39, 0.29) is 0 Å². The molecule has 280 valence electrons. The quantitative estimate of drug-likeness (QED) is 0.0485. The van der Waals surface area contributed by atoms with Gasteiger partial charge in [0.2, 0.25) is 11.4 Å². The third-order valence-corrected chi connectivity index (χ3v) is 9.91. The number of hydrogen-bond donors (Lipinski definition) is 0. The van der Waals surface area contributed by atoms with E-state index in [0.717, 1.165) is 100 Å². The molecule has 1 heterocycles. The van der Waals surface area contributed by atoms with E-state index in [2.05, 4.69) is 76.2 Å². The van der Waals surface area contributed by atoms with E-state index in [0.29, 0.717) is 13.2 Å². The first-order valence-electron chi connectivity index (χ1n) is 19.6. The maximum atomic E-state index is 11.8. The van der Waals surface area contributed by atoms with Gasteiger partial charge in [0.25, 0.3) is 0 Å². The van der Waals surface area contributed by atoms with E-state index >= 15 is 0 Å². The Bertz CT molecular complexity index is 1660. The van der Waals surface area contributed by atoms with Crippen LogP contribution in [0, 0.1) is 0 Å². The molecule has 52 heavy (non-hydrogen) atoms. The normalized spacial score (nSPS) is 12.8. The second kappa shape index (κ2) is 23.8. The molecule has 0 saturated heterocycles. The molecule has 4 aromatic rings. The zero-order valence-electron chi connectivity index (χ0n) is 32.0. The van der Waals surface area contributed by atoms with Crippen molar-refractivity contribution in [3.8, 4) is 0 Å². The van der Waals surface area contributed by atoms with Crippen LogP contribution in [-0.2, 0) is 48.9 Å². The number of rotatable bonds is 21. The summed E-state index contributed by atoms with van der Waals surface area (Å²) in [4.78, 5) is 0. The van der Waals surface area contributed by atoms with Crippen LogP contribution < -0.4 is 0 Å². The van der Waals surface area contributed by atoms with Gasteiger partial charge in [-0.05, 0) is 86.8 Å². The number of nitrogens with zero attached hydrogens (tertiary/aromatic N) is 2. The third kappa shape index (κ3) is 13.1. The van der Waals surface area contributed by atoms with Gasteiger partial charge in [-0.15, -0.1) is 0 Å². The van der Waals surface area contributed by atoms with E-state index < -0.39 is 0 Å². The van der Waals surface area contributed by atoms with Crippen molar-refractivity contribution in [3.05, 3.63) is 159 Å². The van der Waals surface area contributed by atoms with Gasteiger partial charge < -0.3 is 5.53 Å². The van der Waals surface area contributed by atoms with Crippen LogP contribution in [0.5, 0.6) is 0 Å². The Morgan fingerprint density at radius 2 is 0.865 bits per heavy atom. The molecule has 0 aromatic heterocycles. The Morgan fingerprint density at radius 3 is 1.31 bits per heavy atom. The Labute approximate surface area is 321 Å². The summed E-state index contributed by atoms with van der Waals surface area (Å²) in [6, 6.07) is 37.9. The fourth-order valence-corrected chi connectivity index (χ4v) is 7.05. The van der Waals surface area contributed by atoms with Gasteiger partial charge in [-0.2, -0.15) is 0 Å². The van der Waals surface area contributed by atoms with Gasteiger partial charge in [-0.25, -0.2) is 4.70 Å².